The molecule has 0 saturated heterocycles. The SMILES string of the molecule is C[C@H](c1ccccc1)N(Cc1nc(C(=O)NCCc2ccccn2)co1)Cc1ccccc1C(F)(F)F. The molecular formula is C28H27F3N4O2. The third-order valence-corrected chi connectivity index (χ3v) is 6.04. The standard InChI is InChI=1S/C28H27F3N4O2/c1-20(21-9-3-2-4-10-21)35(17-22-11-5-6-13-24(22)28(29,30)31)18-26-34-25(19-37-26)27(36)33-16-14-23-12-7-8-15-32-23/h2-13,15,19-20H,14,16-18H2,1H3,(H,33,36)/t20-/m1/s1. The minimum Gasteiger partial charge on any atom is -0.447 e. The molecule has 9 heteroatoms. The van der Waals surface area contributed by atoms with Gasteiger partial charge >= 0.3 is 6.18 Å². The fourth-order valence-electron chi connectivity index (χ4n) is 4.03. The van der Waals surface area contributed by atoms with E-state index in [9.17, 15) is 18.0 Å². The van der Waals surface area contributed by atoms with E-state index in [1.807, 2.05) is 60.4 Å². The van der Waals surface area contributed by atoms with Crippen LogP contribution in [0.15, 0.2) is 89.7 Å². The molecule has 0 aliphatic carbocycles. The van der Waals surface area contributed by atoms with Crippen molar-refractivity contribution >= 4 is 5.91 Å². The lowest BCUT2D eigenvalue weighted by Gasteiger charge is -2.29. The molecule has 0 saturated carbocycles. The molecule has 1 amide bonds. The van der Waals surface area contributed by atoms with Gasteiger partial charge in [-0.05, 0) is 36.2 Å². The first-order chi connectivity index (χ1) is 17.8. The largest absolute Gasteiger partial charge is 0.447 e. The topological polar surface area (TPSA) is 71.3 Å². The monoisotopic (exact) mass is 508 g/mol. The Kier molecular flexibility index (Phi) is 8.35. The molecule has 2 aromatic carbocycles. The summed E-state index contributed by atoms with van der Waals surface area (Å²) in [5.74, 6) is -0.154. The molecule has 4 rings (SSSR count). The number of aromatic nitrogens is 2. The van der Waals surface area contributed by atoms with Gasteiger partial charge in [-0.1, -0.05) is 54.6 Å². The first-order valence-corrected chi connectivity index (χ1v) is 11.9. The van der Waals surface area contributed by atoms with E-state index in [2.05, 4.69) is 15.3 Å². The lowest BCUT2D eigenvalue weighted by molar-refractivity contribution is -0.138. The maximum Gasteiger partial charge on any atom is 0.416 e. The van der Waals surface area contributed by atoms with Crippen LogP contribution in [0.4, 0.5) is 13.2 Å². The summed E-state index contributed by atoms with van der Waals surface area (Å²) in [7, 11) is 0. The predicted octanol–water partition coefficient (Wildman–Crippen LogP) is 5.82. The van der Waals surface area contributed by atoms with Crippen LogP contribution in [0.25, 0.3) is 0 Å². The number of nitrogens with zero attached hydrogens (tertiary/aromatic N) is 3. The van der Waals surface area contributed by atoms with Gasteiger partial charge in [0.05, 0.1) is 12.1 Å². The number of alkyl halides is 3. The van der Waals surface area contributed by atoms with Gasteiger partial charge in [0, 0.05) is 37.4 Å². The smallest absolute Gasteiger partial charge is 0.416 e. The highest BCUT2D eigenvalue weighted by molar-refractivity contribution is 5.91. The molecule has 0 spiro atoms. The Morgan fingerprint density at radius 2 is 1.73 bits per heavy atom. The van der Waals surface area contributed by atoms with Crippen LogP contribution in [0.5, 0.6) is 0 Å². The van der Waals surface area contributed by atoms with Crippen molar-refractivity contribution in [3.63, 3.8) is 0 Å². The van der Waals surface area contributed by atoms with Crippen molar-refractivity contribution < 1.29 is 22.4 Å². The summed E-state index contributed by atoms with van der Waals surface area (Å²) in [4.78, 5) is 22.9. The Labute approximate surface area is 213 Å². The van der Waals surface area contributed by atoms with E-state index < -0.39 is 17.6 Å². The summed E-state index contributed by atoms with van der Waals surface area (Å²) in [5.41, 5.74) is 1.37. The summed E-state index contributed by atoms with van der Waals surface area (Å²) in [6.07, 6.45) is -0.948. The highest BCUT2D eigenvalue weighted by Gasteiger charge is 2.34. The van der Waals surface area contributed by atoms with E-state index >= 15 is 0 Å². The van der Waals surface area contributed by atoms with Gasteiger partial charge < -0.3 is 9.73 Å². The number of nitrogens with one attached hydrogen (secondary N) is 1. The molecule has 0 fully saturated rings. The maximum absolute atomic E-state index is 13.7. The molecule has 0 aliphatic heterocycles. The number of carbonyl (C=O) groups is 1. The molecule has 0 aliphatic rings. The Morgan fingerprint density at radius 3 is 2.46 bits per heavy atom. The molecular weight excluding hydrogens is 481 g/mol. The molecule has 0 unspecified atom stereocenters. The Bertz CT molecular complexity index is 1290. The first-order valence-electron chi connectivity index (χ1n) is 11.9. The van der Waals surface area contributed by atoms with Gasteiger partial charge in [-0.25, -0.2) is 4.98 Å². The minimum absolute atomic E-state index is 0.0136. The van der Waals surface area contributed by atoms with Gasteiger partial charge in [-0.15, -0.1) is 0 Å². The van der Waals surface area contributed by atoms with Crippen molar-refractivity contribution in [1.82, 2.24) is 20.2 Å². The first kappa shape index (κ1) is 26.1. The van der Waals surface area contributed by atoms with Gasteiger partial charge in [0.25, 0.3) is 5.91 Å². The number of hydrogen-bond donors (Lipinski definition) is 1. The van der Waals surface area contributed by atoms with E-state index in [1.54, 1.807) is 12.3 Å². The molecule has 0 radical (unpaired) electrons. The van der Waals surface area contributed by atoms with Gasteiger partial charge in [-0.3, -0.25) is 14.7 Å². The normalized spacial score (nSPS) is 12.5. The number of rotatable bonds is 10. The van der Waals surface area contributed by atoms with Crippen molar-refractivity contribution in [2.24, 2.45) is 0 Å². The van der Waals surface area contributed by atoms with E-state index in [1.165, 1.54) is 18.4 Å². The molecule has 2 aromatic heterocycles. The lowest BCUT2D eigenvalue weighted by atomic mass is 10.0. The second-order valence-corrected chi connectivity index (χ2v) is 8.60. The average molecular weight is 509 g/mol. The number of halogens is 3. The van der Waals surface area contributed by atoms with Gasteiger partial charge in [0.1, 0.15) is 6.26 Å². The van der Waals surface area contributed by atoms with E-state index in [0.29, 0.717) is 13.0 Å². The number of oxazole rings is 1. The number of benzene rings is 2. The third-order valence-electron chi connectivity index (χ3n) is 6.04. The molecule has 4 aromatic rings. The molecule has 37 heavy (non-hydrogen) atoms. The minimum atomic E-state index is -4.47. The third kappa shape index (κ3) is 7.04. The summed E-state index contributed by atoms with van der Waals surface area (Å²) in [6, 6.07) is 20.3. The molecule has 1 atom stereocenters. The molecule has 192 valence electrons. The van der Waals surface area contributed by atoms with Crippen LogP contribution < -0.4 is 5.32 Å². The number of carbonyl (C=O) groups excluding carboxylic acids is 1. The van der Waals surface area contributed by atoms with Crippen molar-refractivity contribution in [1.29, 1.82) is 0 Å². The van der Waals surface area contributed by atoms with E-state index in [4.69, 9.17) is 4.42 Å². The lowest BCUT2D eigenvalue weighted by Crippen LogP contribution is -2.28. The van der Waals surface area contributed by atoms with Gasteiger partial charge in [0.15, 0.2) is 5.69 Å². The fraction of sp³-hybridized carbons (Fsp3) is 0.250. The Balaban J connectivity index is 1.49. The van der Waals surface area contributed by atoms with Crippen molar-refractivity contribution in [2.75, 3.05) is 6.54 Å². The summed E-state index contributed by atoms with van der Waals surface area (Å²) < 4.78 is 46.5. The summed E-state index contributed by atoms with van der Waals surface area (Å²) >= 11 is 0. The highest BCUT2D eigenvalue weighted by atomic mass is 19.4. The quantitative estimate of drug-likeness (QED) is 0.292. The van der Waals surface area contributed by atoms with Crippen molar-refractivity contribution in [2.45, 2.75) is 38.7 Å². The van der Waals surface area contributed by atoms with E-state index in [-0.39, 0.29) is 36.3 Å². The van der Waals surface area contributed by atoms with Gasteiger partial charge in [-0.2, -0.15) is 13.2 Å². The molecule has 2 heterocycles. The number of pyridine rings is 1. The number of amides is 1. The van der Waals surface area contributed by atoms with Crippen LogP contribution in [-0.4, -0.2) is 27.3 Å². The molecule has 0 bridgehead atoms. The van der Waals surface area contributed by atoms with Crippen LogP contribution in [0.1, 0.15) is 51.7 Å². The second-order valence-electron chi connectivity index (χ2n) is 8.60. The van der Waals surface area contributed by atoms with Crippen molar-refractivity contribution in [3.05, 3.63) is 119 Å². The summed E-state index contributed by atoms with van der Waals surface area (Å²) in [6.45, 7) is 2.42. The second kappa shape index (κ2) is 11.8. The molecule has 1 N–H and O–H groups in total. The predicted molar refractivity (Wildman–Crippen MR) is 132 cm³/mol. The van der Waals surface area contributed by atoms with E-state index in [0.717, 1.165) is 17.3 Å². The highest BCUT2D eigenvalue weighted by Crippen LogP contribution is 2.34. The van der Waals surface area contributed by atoms with Crippen LogP contribution in [0.3, 0.4) is 0 Å². The van der Waals surface area contributed by atoms with Crippen LogP contribution >= 0.6 is 0 Å². The number of hydrogen-bond acceptors (Lipinski definition) is 5. The average Bonchev–Trinajstić information content (AvgIpc) is 3.37. The van der Waals surface area contributed by atoms with Crippen LogP contribution in [0, 0.1) is 0 Å². The van der Waals surface area contributed by atoms with Crippen LogP contribution in [0.2, 0.25) is 0 Å². The van der Waals surface area contributed by atoms with Crippen LogP contribution in [-0.2, 0) is 25.7 Å². The zero-order chi connectivity index (χ0) is 26.3. The maximum atomic E-state index is 13.7. The Hall–Kier alpha value is -3.98. The summed E-state index contributed by atoms with van der Waals surface area (Å²) in [5, 5.41) is 2.79. The Morgan fingerprint density at radius 1 is 1.00 bits per heavy atom. The fourth-order valence-corrected chi connectivity index (χ4v) is 4.03. The van der Waals surface area contributed by atoms with Gasteiger partial charge in [0.2, 0.25) is 5.89 Å². The zero-order valence-electron chi connectivity index (χ0n) is 20.3. The molecule has 6 nitrogen and oxygen atoms in total. The zero-order valence-corrected chi connectivity index (χ0v) is 20.3. The van der Waals surface area contributed by atoms with Crippen molar-refractivity contribution in [3.8, 4) is 0 Å².